The molecule has 1 atom stereocenters. The molecule has 3 aromatic rings. The normalized spacial score (nSPS) is 11.5. The first-order chi connectivity index (χ1) is 11.7. The number of hydrogen-bond donors (Lipinski definition) is 2. The molecule has 0 aliphatic rings. The summed E-state index contributed by atoms with van der Waals surface area (Å²) in [5.41, 5.74) is 4.53. The van der Waals surface area contributed by atoms with Crippen molar-refractivity contribution in [2.75, 3.05) is 5.32 Å². The molecule has 3 nitrogen and oxygen atoms in total. The Hall–Kier alpha value is -2.72. The van der Waals surface area contributed by atoms with E-state index in [-0.39, 0.29) is 6.04 Å². The first-order valence-corrected chi connectivity index (χ1v) is 8.23. The van der Waals surface area contributed by atoms with E-state index in [1.807, 2.05) is 30.3 Å². The van der Waals surface area contributed by atoms with Crippen LogP contribution in [0.4, 0.5) is 5.69 Å². The highest BCUT2D eigenvalue weighted by Gasteiger charge is 2.16. The van der Waals surface area contributed by atoms with E-state index in [2.05, 4.69) is 58.9 Å². The van der Waals surface area contributed by atoms with Crippen molar-refractivity contribution in [2.24, 2.45) is 0 Å². The average molecular weight is 333 g/mol. The highest BCUT2D eigenvalue weighted by atomic mass is 32.1. The van der Waals surface area contributed by atoms with Crippen molar-refractivity contribution in [1.82, 2.24) is 10.3 Å². The Morgan fingerprint density at radius 3 is 2.29 bits per heavy atom. The number of aromatic nitrogens is 1. The summed E-state index contributed by atoms with van der Waals surface area (Å²) >= 11 is 5.51. The van der Waals surface area contributed by atoms with Gasteiger partial charge in [-0.15, -0.1) is 0 Å². The number of benzene rings is 2. The second-order valence-electron chi connectivity index (χ2n) is 5.53. The lowest BCUT2D eigenvalue weighted by molar-refractivity contribution is 0.762. The molecule has 0 bridgehead atoms. The fraction of sp³-hybridized carbons (Fsp3) is 0.100. The van der Waals surface area contributed by atoms with Crippen LogP contribution in [0.5, 0.6) is 0 Å². The van der Waals surface area contributed by atoms with E-state index in [4.69, 9.17) is 12.2 Å². The maximum Gasteiger partial charge on any atom is 0.171 e. The minimum Gasteiger partial charge on any atom is -0.352 e. The third-order valence-corrected chi connectivity index (χ3v) is 4.07. The number of rotatable bonds is 4. The van der Waals surface area contributed by atoms with Gasteiger partial charge in [-0.2, -0.15) is 0 Å². The quantitative estimate of drug-likeness (QED) is 0.691. The number of pyridine rings is 1. The van der Waals surface area contributed by atoms with Crippen LogP contribution in [-0.2, 0) is 0 Å². The van der Waals surface area contributed by atoms with Crippen LogP contribution in [0.15, 0.2) is 79.1 Å². The van der Waals surface area contributed by atoms with E-state index in [1.165, 1.54) is 16.7 Å². The Labute approximate surface area is 147 Å². The Bertz CT molecular complexity index is 803. The predicted molar refractivity (Wildman–Crippen MR) is 103 cm³/mol. The van der Waals surface area contributed by atoms with Crippen molar-refractivity contribution in [1.29, 1.82) is 0 Å². The molecular formula is C20H19N3S. The van der Waals surface area contributed by atoms with Crippen molar-refractivity contribution < 1.29 is 0 Å². The largest absolute Gasteiger partial charge is 0.352 e. The van der Waals surface area contributed by atoms with Gasteiger partial charge in [0.1, 0.15) is 0 Å². The minimum absolute atomic E-state index is 0.00534. The summed E-state index contributed by atoms with van der Waals surface area (Å²) in [7, 11) is 0. The molecule has 0 saturated carbocycles. The molecule has 24 heavy (non-hydrogen) atoms. The van der Waals surface area contributed by atoms with Gasteiger partial charge in [-0.3, -0.25) is 4.98 Å². The summed E-state index contributed by atoms with van der Waals surface area (Å²) < 4.78 is 0. The molecule has 0 amide bonds. The van der Waals surface area contributed by atoms with E-state index < -0.39 is 0 Å². The van der Waals surface area contributed by atoms with E-state index in [9.17, 15) is 0 Å². The van der Waals surface area contributed by atoms with Gasteiger partial charge in [0.2, 0.25) is 0 Å². The monoisotopic (exact) mass is 333 g/mol. The Kier molecular flexibility index (Phi) is 5.18. The zero-order chi connectivity index (χ0) is 16.8. The Balaban J connectivity index is 1.86. The summed E-state index contributed by atoms with van der Waals surface area (Å²) in [6.45, 7) is 2.12. The predicted octanol–water partition coefficient (Wildman–Crippen LogP) is 4.47. The van der Waals surface area contributed by atoms with Crippen molar-refractivity contribution >= 4 is 23.0 Å². The summed E-state index contributed by atoms with van der Waals surface area (Å²) in [4.78, 5) is 4.02. The Morgan fingerprint density at radius 2 is 1.58 bits per heavy atom. The lowest BCUT2D eigenvalue weighted by atomic mass is 9.95. The standard InChI is InChI=1S/C20H19N3S/c1-15-7-5-6-10-18(15)19(16-8-3-2-4-9-16)23-20(24)22-17-11-13-21-14-12-17/h2-14,19H,1H3,(H2,21,22,23,24)/t19-/m0/s1. The second kappa shape index (κ2) is 7.70. The minimum atomic E-state index is -0.00534. The summed E-state index contributed by atoms with van der Waals surface area (Å²) in [5.74, 6) is 0. The molecule has 1 heterocycles. The zero-order valence-corrected chi connectivity index (χ0v) is 14.3. The second-order valence-corrected chi connectivity index (χ2v) is 5.94. The maximum atomic E-state index is 5.51. The first kappa shape index (κ1) is 16.1. The molecule has 1 aromatic heterocycles. The molecule has 3 rings (SSSR count). The maximum absolute atomic E-state index is 5.51. The topological polar surface area (TPSA) is 37.0 Å². The van der Waals surface area contributed by atoms with Gasteiger partial charge in [0.15, 0.2) is 5.11 Å². The van der Waals surface area contributed by atoms with Crippen molar-refractivity contribution in [3.8, 4) is 0 Å². The number of anilines is 1. The molecule has 0 aliphatic heterocycles. The number of aryl methyl sites for hydroxylation is 1. The zero-order valence-electron chi connectivity index (χ0n) is 13.4. The molecule has 0 fully saturated rings. The van der Waals surface area contributed by atoms with Crippen LogP contribution in [0, 0.1) is 6.92 Å². The van der Waals surface area contributed by atoms with Gasteiger partial charge in [0, 0.05) is 18.1 Å². The first-order valence-electron chi connectivity index (χ1n) is 7.82. The van der Waals surface area contributed by atoms with Gasteiger partial charge in [-0.25, -0.2) is 0 Å². The van der Waals surface area contributed by atoms with Crippen LogP contribution in [0.1, 0.15) is 22.7 Å². The van der Waals surface area contributed by atoms with E-state index >= 15 is 0 Å². The fourth-order valence-corrected chi connectivity index (χ4v) is 2.87. The molecule has 120 valence electrons. The highest BCUT2D eigenvalue weighted by molar-refractivity contribution is 7.80. The molecule has 2 aromatic carbocycles. The van der Waals surface area contributed by atoms with Crippen LogP contribution in [0.2, 0.25) is 0 Å². The molecule has 4 heteroatoms. The number of nitrogens with one attached hydrogen (secondary N) is 2. The van der Waals surface area contributed by atoms with Crippen molar-refractivity contribution in [3.63, 3.8) is 0 Å². The van der Waals surface area contributed by atoms with Gasteiger partial charge < -0.3 is 10.6 Å². The third-order valence-electron chi connectivity index (χ3n) is 3.85. The number of thiocarbonyl (C=S) groups is 1. The summed E-state index contributed by atoms with van der Waals surface area (Å²) in [6.07, 6.45) is 3.47. The smallest absolute Gasteiger partial charge is 0.171 e. The average Bonchev–Trinajstić information content (AvgIpc) is 2.62. The Morgan fingerprint density at radius 1 is 0.917 bits per heavy atom. The highest BCUT2D eigenvalue weighted by Crippen LogP contribution is 2.25. The summed E-state index contributed by atoms with van der Waals surface area (Å²) in [5, 5.41) is 7.23. The van der Waals surface area contributed by atoms with Crippen LogP contribution < -0.4 is 10.6 Å². The van der Waals surface area contributed by atoms with Gasteiger partial charge in [0.05, 0.1) is 6.04 Å². The fourth-order valence-electron chi connectivity index (χ4n) is 2.63. The van der Waals surface area contributed by atoms with Crippen LogP contribution in [0.25, 0.3) is 0 Å². The van der Waals surface area contributed by atoms with Gasteiger partial charge in [-0.1, -0.05) is 54.6 Å². The number of hydrogen-bond acceptors (Lipinski definition) is 2. The SMILES string of the molecule is Cc1ccccc1[C@@H](NC(=S)Nc1ccncc1)c1ccccc1. The van der Waals surface area contributed by atoms with E-state index in [1.54, 1.807) is 12.4 Å². The lowest BCUT2D eigenvalue weighted by Crippen LogP contribution is -2.33. The van der Waals surface area contributed by atoms with E-state index in [0.29, 0.717) is 5.11 Å². The summed E-state index contributed by atoms with van der Waals surface area (Å²) in [6, 6.07) is 22.5. The molecule has 0 spiro atoms. The molecule has 0 saturated heterocycles. The van der Waals surface area contributed by atoms with Crippen LogP contribution in [0.3, 0.4) is 0 Å². The molecular weight excluding hydrogens is 314 g/mol. The van der Waals surface area contributed by atoms with Gasteiger partial charge in [-0.05, 0) is 48.0 Å². The molecule has 2 N–H and O–H groups in total. The van der Waals surface area contributed by atoms with Gasteiger partial charge >= 0.3 is 0 Å². The lowest BCUT2D eigenvalue weighted by Gasteiger charge is -2.23. The molecule has 0 radical (unpaired) electrons. The van der Waals surface area contributed by atoms with Gasteiger partial charge in [0.25, 0.3) is 0 Å². The third kappa shape index (κ3) is 3.97. The van der Waals surface area contributed by atoms with Crippen molar-refractivity contribution in [2.45, 2.75) is 13.0 Å². The molecule has 0 unspecified atom stereocenters. The molecule has 0 aliphatic carbocycles. The van der Waals surface area contributed by atoms with Crippen molar-refractivity contribution in [3.05, 3.63) is 95.8 Å². The van der Waals surface area contributed by atoms with Crippen LogP contribution in [-0.4, -0.2) is 10.1 Å². The number of nitrogens with zero attached hydrogens (tertiary/aromatic N) is 1. The van der Waals surface area contributed by atoms with E-state index in [0.717, 1.165) is 5.69 Å². The van der Waals surface area contributed by atoms with Crippen LogP contribution >= 0.6 is 12.2 Å².